The zero-order valence-corrected chi connectivity index (χ0v) is 18.4. The molecule has 0 aliphatic carbocycles. The van der Waals surface area contributed by atoms with Crippen LogP contribution in [-0.2, 0) is 11.2 Å². The quantitative estimate of drug-likeness (QED) is 0.582. The molecule has 1 amide bonds. The molecule has 1 aliphatic rings. The van der Waals surface area contributed by atoms with E-state index in [9.17, 15) is 4.79 Å². The first-order valence-corrected chi connectivity index (χ1v) is 11.2. The van der Waals surface area contributed by atoms with E-state index in [-0.39, 0.29) is 5.91 Å². The van der Waals surface area contributed by atoms with Crippen LogP contribution in [0.4, 0.5) is 0 Å². The number of carbonyl (C=O) groups excluding carboxylic acids is 1. The molecule has 1 fully saturated rings. The van der Waals surface area contributed by atoms with E-state index in [0.29, 0.717) is 29.5 Å². The molecule has 8 heteroatoms. The number of nitrogens with one attached hydrogen (secondary N) is 1. The van der Waals surface area contributed by atoms with Crippen LogP contribution >= 0.6 is 11.5 Å². The Morgan fingerprint density at radius 2 is 2.00 bits per heavy atom. The molecule has 7 nitrogen and oxygen atoms in total. The van der Waals surface area contributed by atoms with E-state index in [4.69, 9.17) is 9.47 Å². The number of carbonyl (C=O) groups is 1. The number of aromatic nitrogens is 2. The smallest absolute Gasteiger partial charge is 0.298 e. The third-order valence-corrected chi connectivity index (χ3v) is 5.75. The Bertz CT molecular complexity index is 1000. The van der Waals surface area contributed by atoms with Crippen molar-refractivity contribution in [3.8, 4) is 10.9 Å². The predicted octanol–water partition coefficient (Wildman–Crippen LogP) is 3.29. The Kier molecular flexibility index (Phi) is 7.24. The summed E-state index contributed by atoms with van der Waals surface area (Å²) in [5.74, 6) is 1.23. The maximum absolute atomic E-state index is 12.6. The molecule has 0 radical (unpaired) electrons. The molecular weight excluding hydrogens is 412 g/mol. The molecule has 0 unspecified atom stereocenters. The van der Waals surface area contributed by atoms with Gasteiger partial charge in [-0.2, -0.15) is 9.36 Å². The van der Waals surface area contributed by atoms with Crippen LogP contribution < -0.4 is 10.1 Å². The van der Waals surface area contributed by atoms with Gasteiger partial charge in [-0.3, -0.25) is 9.69 Å². The van der Waals surface area contributed by atoms with E-state index >= 15 is 0 Å². The molecule has 1 aromatic heterocycles. The number of amides is 1. The Balaban J connectivity index is 1.34. The van der Waals surface area contributed by atoms with Crippen LogP contribution in [0.1, 0.15) is 27.3 Å². The highest BCUT2D eigenvalue weighted by molar-refractivity contribution is 7.07. The van der Waals surface area contributed by atoms with Gasteiger partial charge >= 0.3 is 0 Å². The molecule has 1 N–H and O–H groups in total. The minimum Gasteiger partial charge on any atom is -0.430 e. The Labute approximate surface area is 186 Å². The SMILES string of the molecule is Cc1ccc(C(=O)NCCN2CCOCC2)cc1Oc1nc(Cc2ccccc2)ns1. The van der Waals surface area contributed by atoms with Crippen LogP contribution in [-0.4, -0.2) is 59.6 Å². The van der Waals surface area contributed by atoms with E-state index in [1.165, 1.54) is 11.5 Å². The van der Waals surface area contributed by atoms with Crippen molar-refractivity contribution >= 4 is 17.4 Å². The minimum absolute atomic E-state index is 0.111. The maximum Gasteiger partial charge on any atom is 0.298 e. The van der Waals surface area contributed by atoms with Crippen molar-refractivity contribution in [2.45, 2.75) is 13.3 Å². The van der Waals surface area contributed by atoms with E-state index in [0.717, 1.165) is 49.8 Å². The lowest BCUT2D eigenvalue weighted by molar-refractivity contribution is 0.0383. The number of morpholine rings is 1. The zero-order valence-electron chi connectivity index (χ0n) is 17.5. The Morgan fingerprint density at radius 3 is 2.81 bits per heavy atom. The molecular formula is C23H26N4O3S. The van der Waals surface area contributed by atoms with Gasteiger partial charge in [-0.1, -0.05) is 36.4 Å². The van der Waals surface area contributed by atoms with Crippen molar-refractivity contribution in [3.05, 3.63) is 71.0 Å². The van der Waals surface area contributed by atoms with Gasteiger partial charge in [-0.15, -0.1) is 0 Å². The molecule has 0 bridgehead atoms. The van der Waals surface area contributed by atoms with Crippen molar-refractivity contribution in [3.63, 3.8) is 0 Å². The van der Waals surface area contributed by atoms with Gasteiger partial charge in [0.2, 0.25) is 0 Å². The van der Waals surface area contributed by atoms with Gasteiger partial charge in [-0.25, -0.2) is 0 Å². The lowest BCUT2D eigenvalue weighted by atomic mass is 10.1. The lowest BCUT2D eigenvalue weighted by Crippen LogP contribution is -2.41. The molecule has 2 heterocycles. The van der Waals surface area contributed by atoms with Gasteiger partial charge in [0.15, 0.2) is 5.82 Å². The van der Waals surface area contributed by atoms with Crippen molar-refractivity contribution in [2.75, 3.05) is 39.4 Å². The standard InChI is InChI=1S/C23H26N4O3S/c1-17-7-8-19(22(28)24-9-10-27-11-13-29-14-12-27)16-20(17)30-23-25-21(26-31-23)15-18-5-3-2-4-6-18/h2-8,16H,9-15H2,1H3,(H,24,28). The minimum atomic E-state index is -0.111. The first-order chi connectivity index (χ1) is 15.2. The molecule has 4 rings (SSSR count). The molecule has 162 valence electrons. The summed E-state index contributed by atoms with van der Waals surface area (Å²) in [6, 6.07) is 15.5. The van der Waals surface area contributed by atoms with Gasteiger partial charge in [-0.05, 0) is 30.2 Å². The van der Waals surface area contributed by atoms with Gasteiger partial charge in [0.1, 0.15) is 5.75 Å². The largest absolute Gasteiger partial charge is 0.430 e. The highest BCUT2D eigenvalue weighted by atomic mass is 32.1. The summed E-state index contributed by atoms with van der Waals surface area (Å²) in [6.07, 6.45) is 0.658. The molecule has 1 saturated heterocycles. The predicted molar refractivity (Wildman–Crippen MR) is 120 cm³/mol. The fourth-order valence-corrected chi connectivity index (χ4v) is 3.89. The number of aryl methyl sites for hydroxylation is 1. The summed E-state index contributed by atoms with van der Waals surface area (Å²) in [5, 5.41) is 3.46. The van der Waals surface area contributed by atoms with E-state index in [1.54, 1.807) is 6.07 Å². The van der Waals surface area contributed by atoms with Crippen LogP contribution in [0.5, 0.6) is 10.9 Å². The van der Waals surface area contributed by atoms with Crippen LogP contribution in [0.15, 0.2) is 48.5 Å². The molecule has 1 aliphatic heterocycles. The summed E-state index contributed by atoms with van der Waals surface area (Å²) in [4.78, 5) is 19.3. The highest BCUT2D eigenvalue weighted by Gasteiger charge is 2.14. The second kappa shape index (κ2) is 10.5. The molecule has 0 atom stereocenters. The average Bonchev–Trinajstić information content (AvgIpc) is 3.23. The topological polar surface area (TPSA) is 76.6 Å². The van der Waals surface area contributed by atoms with Gasteiger partial charge in [0.05, 0.1) is 13.2 Å². The molecule has 31 heavy (non-hydrogen) atoms. The normalized spacial score (nSPS) is 14.4. The number of ether oxygens (including phenoxy) is 2. The fraction of sp³-hybridized carbons (Fsp3) is 0.348. The summed E-state index contributed by atoms with van der Waals surface area (Å²) in [5.41, 5.74) is 2.65. The van der Waals surface area contributed by atoms with Crippen molar-refractivity contribution < 1.29 is 14.3 Å². The lowest BCUT2D eigenvalue weighted by Gasteiger charge is -2.26. The average molecular weight is 439 g/mol. The van der Waals surface area contributed by atoms with E-state index in [2.05, 4.69) is 19.6 Å². The Hall–Kier alpha value is -2.81. The Morgan fingerprint density at radius 1 is 1.19 bits per heavy atom. The summed E-state index contributed by atoms with van der Waals surface area (Å²) in [6.45, 7) is 6.69. The maximum atomic E-state index is 12.6. The van der Waals surface area contributed by atoms with Crippen molar-refractivity contribution in [2.24, 2.45) is 0 Å². The van der Waals surface area contributed by atoms with E-state index in [1.807, 2.05) is 49.4 Å². The molecule has 0 spiro atoms. The third kappa shape index (κ3) is 6.10. The second-order valence-corrected chi connectivity index (χ2v) is 8.15. The summed E-state index contributed by atoms with van der Waals surface area (Å²) < 4.78 is 15.7. The first kappa shape index (κ1) is 21.4. The number of hydrogen-bond donors (Lipinski definition) is 1. The highest BCUT2D eigenvalue weighted by Crippen LogP contribution is 2.28. The number of hydrogen-bond acceptors (Lipinski definition) is 7. The molecule has 0 saturated carbocycles. The molecule has 3 aromatic rings. The van der Waals surface area contributed by atoms with Crippen LogP contribution in [0.25, 0.3) is 0 Å². The van der Waals surface area contributed by atoms with Gasteiger partial charge in [0, 0.05) is 49.7 Å². The summed E-state index contributed by atoms with van der Waals surface area (Å²) >= 11 is 1.22. The van der Waals surface area contributed by atoms with Crippen molar-refractivity contribution in [1.29, 1.82) is 0 Å². The fourth-order valence-electron chi connectivity index (χ4n) is 3.33. The number of rotatable bonds is 8. The monoisotopic (exact) mass is 438 g/mol. The third-order valence-electron chi connectivity index (χ3n) is 5.12. The van der Waals surface area contributed by atoms with Crippen LogP contribution in [0, 0.1) is 6.92 Å². The number of benzene rings is 2. The zero-order chi connectivity index (χ0) is 21.5. The van der Waals surface area contributed by atoms with Crippen molar-refractivity contribution in [1.82, 2.24) is 19.6 Å². The first-order valence-electron chi connectivity index (χ1n) is 10.4. The van der Waals surface area contributed by atoms with Crippen LogP contribution in [0.2, 0.25) is 0 Å². The van der Waals surface area contributed by atoms with Gasteiger partial charge in [0.25, 0.3) is 11.1 Å². The van der Waals surface area contributed by atoms with Crippen LogP contribution in [0.3, 0.4) is 0 Å². The van der Waals surface area contributed by atoms with E-state index < -0.39 is 0 Å². The van der Waals surface area contributed by atoms with Gasteiger partial charge < -0.3 is 14.8 Å². The number of nitrogens with zero attached hydrogens (tertiary/aromatic N) is 3. The second-order valence-electron chi connectivity index (χ2n) is 7.43. The molecule has 2 aromatic carbocycles. The summed E-state index contributed by atoms with van der Waals surface area (Å²) in [7, 11) is 0.